The lowest BCUT2D eigenvalue weighted by molar-refractivity contribution is 0.0502. The van der Waals surface area contributed by atoms with Gasteiger partial charge in [-0.1, -0.05) is 13.0 Å². The van der Waals surface area contributed by atoms with Gasteiger partial charge >= 0.3 is 6.09 Å². The van der Waals surface area contributed by atoms with E-state index in [4.69, 9.17) is 4.74 Å². The van der Waals surface area contributed by atoms with Gasteiger partial charge in [0.05, 0.1) is 5.56 Å². The first kappa shape index (κ1) is 20.6. The van der Waals surface area contributed by atoms with Crippen LogP contribution < -0.4 is 10.6 Å². The van der Waals surface area contributed by atoms with E-state index in [0.717, 1.165) is 0 Å². The zero-order valence-corrected chi connectivity index (χ0v) is 15.4. The first-order valence-corrected chi connectivity index (χ1v) is 8.28. The second-order valence-corrected chi connectivity index (χ2v) is 7.27. The van der Waals surface area contributed by atoms with Crippen molar-refractivity contribution in [3.8, 4) is 11.5 Å². The van der Waals surface area contributed by atoms with Crippen molar-refractivity contribution < 1.29 is 24.5 Å². The molecule has 1 aromatic rings. The molecule has 0 spiro atoms. The van der Waals surface area contributed by atoms with Crippen molar-refractivity contribution >= 4 is 12.0 Å². The number of phenols is 2. The summed E-state index contributed by atoms with van der Waals surface area (Å²) in [5.41, 5.74) is -0.528. The standard InChI is InChI=1S/C18H28N2O5/c1-11(9-12(2)20-17(24)25-18(3,4)5)10-19-16(23)13-7-6-8-14(21)15(13)22/h6-8,11-12,21-22H,9-10H2,1-5H3,(H,19,23)(H,20,24). The van der Waals surface area contributed by atoms with E-state index in [1.807, 2.05) is 13.8 Å². The molecule has 140 valence electrons. The van der Waals surface area contributed by atoms with E-state index in [1.54, 1.807) is 20.8 Å². The molecule has 0 aliphatic carbocycles. The van der Waals surface area contributed by atoms with Crippen LogP contribution in [0.1, 0.15) is 51.4 Å². The third kappa shape index (κ3) is 7.32. The lowest BCUT2D eigenvalue weighted by atomic mass is 10.0. The Hall–Kier alpha value is -2.44. The van der Waals surface area contributed by atoms with Crippen molar-refractivity contribution in [3.05, 3.63) is 23.8 Å². The Kier molecular flexibility index (Phi) is 7.09. The summed E-state index contributed by atoms with van der Waals surface area (Å²) in [6.07, 6.45) is 0.173. The maximum atomic E-state index is 12.1. The van der Waals surface area contributed by atoms with Crippen LogP contribution in [-0.2, 0) is 4.74 Å². The smallest absolute Gasteiger partial charge is 0.407 e. The highest BCUT2D eigenvalue weighted by atomic mass is 16.6. The van der Waals surface area contributed by atoms with Gasteiger partial charge < -0.3 is 25.6 Å². The SMILES string of the molecule is CC(CNC(=O)c1cccc(O)c1O)CC(C)NC(=O)OC(C)(C)C. The number of phenolic OH excluding ortho intramolecular Hbond substituents is 2. The molecule has 2 amide bonds. The van der Waals surface area contributed by atoms with Crippen molar-refractivity contribution in [1.82, 2.24) is 10.6 Å². The van der Waals surface area contributed by atoms with Crippen molar-refractivity contribution in [2.45, 2.75) is 52.7 Å². The molecule has 2 unspecified atom stereocenters. The van der Waals surface area contributed by atoms with E-state index in [1.165, 1.54) is 18.2 Å². The highest BCUT2D eigenvalue weighted by molar-refractivity contribution is 5.97. The van der Waals surface area contributed by atoms with Gasteiger partial charge in [0.1, 0.15) is 5.60 Å². The van der Waals surface area contributed by atoms with Gasteiger partial charge in [0.2, 0.25) is 0 Å². The third-order valence-corrected chi connectivity index (χ3v) is 3.39. The molecule has 0 fully saturated rings. The average molecular weight is 352 g/mol. The highest BCUT2D eigenvalue weighted by Crippen LogP contribution is 2.27. The second kappa shape index (κ2) is 8.60. The number of benzene rings is 1. The predicted octanol–water partition coefficient (Wildman–Crippen LogP) is 2.77. The van der Waals surface area contributed by atoms with E-state index < -0.39 is 23.4 Å². The summed E-state index contributed by atoms with van der Waals surface area (Å²) in [7, 11) is 0. The van der Waals surface area contributed by atoms with Crippen LogP contribution in [0.2, 0.25) is 0 Å². The predicted molar refractivity (Wildman–Crippen MR) is 94.7 cm³/mol. The summed E-state index contributed by atoms with van der Waals surface area (Å²) < 4.78 is 5.20. The number of hydrogen-bond donors (Lipinski definition) is 4. The number of alkyl carbamates (subject to hydrolysis) is 1. The zero-order valence-electron chi connectivity index (χ0n) is 15.4. The zero-order chi connectivity index (χ0) is 19.2. The summed E-state index contributed by atoms with van der Waals surface area (Å²) in [5, 5.41) is 24.6. The van der Waals surface area contributed by atoms with Crippen molar-refractivity contribution in [1.29, 1.82) is 0 Å². The van der Waals surface area contributed by atoms with Crippen LogP contribution in [0.4, 0.5) is 4.79 Å². The molecule has 0 heterocycles. The van der Waals surface area contributed by atoms with Gasteiger partial charge in [0, 0.05) is 12.6 Å². The molecule has 0 aromatic heterocycles. The van der Waals surface area contributed by atoms with Gasteiger partial charge in [0.15, 0.2) is 11.5 Å². The van der Waals surface area contributed by atoms with Crippen molar-refractivity contribution in [3.63, 3.8) is 0 Å². The minimum atomic E-state index is -0.549. The molecule has 1 aromatic carbocycles. The van der Waals surface area contributed by atoms with Gasteiger partial charge in [-0.3, -0.25) is 4.79 Å². The molecule has 1 rings (SSSR count). The lowest BCUT2D eigenvalue weighted by Crippen LogP contribution is -2.39. The number of ether oxygens (including phenoxy) is 1. The summed E-state index contributed by atoms with van der Waals surface area (Å²) in [4.78, 5) is 23.8. The molecule has 0 bridgehead atoms. The molecule has 0 aliphatic heterocycles. The molecule has 0 aliphatic rings. The fourth-order valence-electron chi connectivity index (χ4n) is 2.33. The Balaban J connectivity index is 2.44. The van der Waals surface area contributed by atoms with Crippen LogP contribution in [0.25, 0.3) is 0 Å². The molecular weight excluding hydrogens is 324 g/mol. The van der Waals surface area contributed by atoms with Gasteiger partial charge in [-0.15, -0.1) is 0 Å². The third-order valence-electron chi connectivity index (χ3n) is 3.39. The number of nitrogens with one attached hydrogen (secondary N) is 2. The van der Waals surface area contributed by atoms with E-state index >= 15 is 0 Å². The molecule has 7 nitrogen and oxygen atoms in total. The van der Waals surface area contributed by atoms with Crippen LogP contribution in [-0.4, -0.2) is 40.4 Å². The number of carbonyl (C=O) groups excluding carboxylic acids is 2. The monoisotopic (exact) mass is 352 g/mol. The fourth-order valence-corrected chi connectivity index (χ4v) is 2.33. The number of hydrogen-bond acceptors (Lipinski definition) is 5. The van der Waals surface area contributed by atoms with Crippen molar-refractivity contribution in [2.24, 2.45) is 5.92 Å². The van der Waals surface area contributed by atoms with E-state index in [-0.39, 0.29) is 23.3 Å². The molecular formula is C18H28N2O5. The van der Waals surface area contributed by atoms with Gasteiger partial charge in [0.25, 0.3) is 5.91 Å². The minimum Gasteiger partial charge on any atom is -0.504 e. The molecule has 0 saturated carbocycles. The van der Waals surface area contributed by atoms with Crippen LogP contribution in [0.3, 0.4) is 0 Å². The topological polar surface area (TPSA) is 108 Å². The number of para-hydroxylation sites is 1. The maximum absolute atomic E-state index is 12.1. The average Bonchev–Trinajstić information content (AvgIpc) is 2.45. The normalized spacial score (nSPS) is 13.6. The Bertz CT molecular complexity index is 610. The molecule has 0 radical (unpaired) electrons. The lowest BCUT2D eigenvalue weighted by Gasteiger charge is -2.23. The maximum Gasteiger partial charge on any atom is 0.407 e. The van der Waals surface area contributed by atoms with Gasteiger partial charge in [-0.2, -0.15) is 0 Å². The first-order chi connectivity index (χ1) is 11.5. The largest absolute Gasteiger partial charge is 0.504 e. The molecule has 2 atom stereocenters. The number of carbonyl (C=O) groups is 2. The molecule has 25 heavy (non-hydrogen) atoms. The van der Waals surface area contributed by atoms with Crippen LogP contribution in [0.5, 0.6) is 11.5 Å². The van der Waals surface area contributed by atoms with Crippen LogP contribution >= 0.6 is 0 Å². The number of rotatable bonds is 6. The van der Waals surface area contributed by atoms with Crippen LogP contribution in [0.15, 0.2) is 18.2 Å². The van der Waals surface area contributed by atoms with Crippen molar-refractivity contribution in [2.75, 3.05) is 6.54 Å². The Morgan fingerprint density at radius 1 is 1.20 bits per heavy atom. The Morgan fingerprint density at radius 2 is 1.84 bits per heavy atom. The highest BCUT2D eigenvalue weighted by Gasteiger charge is 2.19. The molecule has 0 saturated heterocycles. The quantitative estimate of drug-likeness (QED) is 0.589. The van der Waals surface area contributed by atoms with E-state index in [2.05, 4.69) is 10.6 Å². The number of amides is 2. The van der Waals surface area contributed by atoms with Crippen LogP contribution in [0, 0.1) is 5.92 Å². The van der Waals surface area contributed by atoms with E-state index in [9.17, 15) is 19.8 Å². The fraction of sp³-hybridized carbons (Fsp3) is 0.556. The van der Waals surface area contributed by atoms with Gasteiger partial charge in [-0.25, -0.2) is 4.79 Å². The minimum absolute atomic E-state index is 0.0205. The van der Waals surface area contributed by atoms with E-state index in [0.29, 0.717) is 13.0 Å². The molecule has 7 heteroatoms. The molecule has 4 N–H and O–H groups in total. The Morgan fingerprint density at radius 3 is 2.44 bits per heavy atom. The van der Waals surface area contributed by atoms with Gasteiger partial charge in [-0.05, 0) is 52.2 Å². The summed E-state index contributed by atoms with van der Waals surface area (Å²) >= 11 is 0. The Labute approximate surface area is 148 Å². The first-order valence-electron chi connectivity index (χ1n) is 8.28. The summed E-state index contributed by atoms with van der Waals surface area (Å²) in [6, 6.07) is 4.11. The summed E-state index contributed by atoms with van der Waals surface area (Å²) in [5.74, 6) is -1.15. The summed E-state index contributed by atoms with van der Waals surface area (Å²) in [6.45, 7) is 9.57. The number of aromatic hydroxyl groups is 2. The second-order valence-electron chi connectivity index (χ2n) is 7.27.